The van der Waals surface area contributed by atoms with Crippen molar-refractivity contribution in [1.82, 2.24) is 9.80 Å². The molecule has 1 fully saturated rings. The summed E-state index contributed by atoms with van der Waals surface area (Å²) in [5.41, 5.74) is 0.504. The van der Waals surface area contributed by atoms with Crippen LogP contribution in [0.15, 0.2) is 24.3 Å². The zero-order valence-electron chi connectivity index (χ0n) is 13.1. The van der Waals surface area contributed by atoms with Gasteiger partial charge in [0.2, 0.25) is 5.91 Å². The van der Waals surface area contributed by atoms with E-state index < -0.39 is 6.36 Å². The molecule has 1 aromatic carbocycles. The first-order valence-electron chi connectivity index (χ1n) is 7.64. The molecule has 1 aromatic rings. The second-order valence-electron chi connectivity index (χ2n) is 5.74. The third-order valence-corrected chi connectivity index (χ3v) is 3.86. The van der Waals surface area contributed by atoms with Crippen LogP contribution in [0, 0.1) is 0 Å². The van der Waals surface area contributed by atoms with E-state index in [1.54, 1.807) is 18.0 Å². The monoisotopic (exact) mass is 330 g/mol. The van der Waals surface area contributed by atoms with Crippen LogP contribution in [-0.2, 0) is 11.2 Å². The van der Waals surface area contributed by atoms with Crippen molar-refractivity contribution in [3.05, 3.63) is 29.8 Å². The van der Waals surface area contributed by atoms with Gasteiger partial charge in [-0.25, -0.2) is 0 Å². The number of rotatable bonds is 6. The van der Waals surface area contributed by atoms with Crippen molar-refractivity contribution in [2.75, 3.05) is 33.2 Å². The van der Waals surface area contributed by atoms with E-state index in [-0.39, 0.29) is 18.1 Å². The van der Waals surface area contributed by atoms with Gasteiger partial charge in [-0.1, -0.05) is 12.1 Å². The van der Waals surface area contributed by atoms with E-state index in [0.717, 1.165) is 19.6 Å². The van der Waals surface area contributed by atoms with Crippen LogP contribution in [0.3, 0.4) is 0 Å². The standard InChI is InChI=1S/C16H21F3N2O2/c1-20(9-10-21-7-2-3-8-21)15(22)12-13-5-4-6-14(11-13)23-16(17,18)19/h4-6,11H,2-3,7-10,12H2,1H3. The van der Waals surface area contributed by atoms with Crippen LogP contribution in [0.4, 0.5) is 13.2 Å². The van der Waals surface area contributed by atoms with E-state index in [4.69, 9.17) is 0 Å². The van der Waals surface area contributed by atoms with E-state index >= 15 is 0 Å². The minimum Gasteiger partial charge on any atom is -0.406 e. The molecule has 2 rings (SSSR count). The van der Waals surface area contributed by atoms with Gasteiger partial charge in [-0.05, 0) is 43.6 Å². The second-order valence-corrected chi connectivity index (χ2v) is 5.74. The summed E-state index contributed by atoms with van der Waals surface area (Å²) in [4.78, 5) is 16.1. The van der Waals surface area contributed by atoms with Crippen LogP contribution in [0.2, 0.25) is 0 Å². The fraction of sp³-hybridized carbons (Fsp3) is 0.562. The maximum Gasteiger partial charge on any atom is 0.573 e. The summed E-state index contributed by atoms with van der Waals surface area (Å²) in [5, 5.41) is 0. The lowest BCUT2D eigenvalue weighted by molar-refractivity contribution is -0.274. The van der Waals surface area contributed by atoms with Crippen LogP contribution in [0.5, 0.6) is 5.75 Å². The lowest BCUT2D eigenvalue weighted by atomic mass is 10.1. The zero-order chi connectivity index (χ0) is 16.9. The SMILES string of the molecule is CN(CCN1CCCC1)C(=O)Cc1cccc(OC(F)(F)F)c1. The number of halogens is 3. The van der Waals surface area contributed by atoms with Gasteiger partial charge in [0.25, 0.3) is 0 Å². The van der Waals surface area contributed by atoms with Crippen LogP contribution in [-0.4, -0.2) is 55.3 Å². The lowest BCUT2D eigenvalue weighted by Gasteiger charge is -2.21. The molecular weight excluding hydrogens is 309 g/mol. The quantitative estimate of drug-likeness (QED) is 0.804. The number of ether oxygens (including phenoxy) is 1. The van der Waals surface area contributed by atoms with Crippen LogP contribution >= 0.6 is 0 Å². The van der Waals surface area contributed by atoms with Gasteiger partial charge in [0, 0.05) is 20.1 Å². The molecule has 4 nitrogen and oxygen atoms in total. The summed E-state index contributed by atoms with van der Waals surface area (Å²) in [5.74, 6) is -0.420. The molecule has 0 aliphatic carbocycles. The summed E-state index contributed by atoms with van der Waals surface area (Å²) in [6.45, 7) is 3.59. The number of nitrogens with zero attached hydrogens (tertiary/aromatic N) is 2. The third-order valence-electron chi connectivity index (χ3n) is 3.86. The first kappa shape index (κ1) is 17.6. The first-order valence-corrected chi connectivity index (χ1v) is 7.64. The number of benzene rings is 1. The number of alkyl halides is 3. The molecule has 0 atom stereocenters. The smallest absolute Gasteiger partial charge is 0.406 e. The van der Waals surface area contributed by atoms with Gasteiger partial charge in [0.05, 0.1) is 6.42 Å². The van der Waals surface area contributed by atoms with Crippen molar-refractivity contribution >= 4 is 5.91 Å². The molecule has 0 unspecified atom stereocenters. The van der Waals surface area contributed by atoms with Crippen LogP contribution < -0.4 is 4.74 Å². The highest BCUT2D eigenvalue weighted by Gasteiger charge is 2.31. The summed E-state index contributed by atoms with van der Waals surface area (Å²) in [7, 11) is 1.72. The molecule has 0 radical (unpaired) electrons. The fourth-order valence-electron chi connectivity index (χ4n) is 2.58. The average molecular weight is 330 g/mol. The van der Waals surface area contributed by atoms with Gasteiger partial charge >= 0.3 is 6.36 Å². The molecule has 1 aliphatic heterocycles. The molecule has 128 valence electrons. The molecule has 23 heavy (non-hydrogen) atoms. The molecule has 0 spiro atoms. The van der Waals surface area contributed by atoms with Crippen molar-refractivity contribution in [2.24, 2.45) is 0 Å². The Kier molecular flexibility index (Phi) is 5.87. The molecule has 0 bridgehead atoms. The molecule has 7 heteroatoms. The van der Waals surface area contributed by atoms with Crippen molar-refractivity contribution < 1.29 is 22.7 Å². The predicted octanol–water partition coefficient (Wildman–Crippen LogP) is 2.68. The molecule has 0 aromatic heterocycles. The largest absolute Gasteiger partial charge is 0.573 e. The second kappa shape index (κ2) is 7.68. The van der Waals surface area contributed by atoms with Crippen molar-refractivity contribution in [2.45, 2.75) is 25.6 Å². The summed E-state index contributed by atoms with van der Waals surface area (Å²) < 4.78 is 40.5. The Morgan fingerprint density at radius 1 is 1.30 bits per heavy atom. The lowest BCUT2D eigenvalue weighted by Crippen LogP contribution is -2.36. The Hall–Kier alpha value is -1.76. The van der Waals surface area contributed by atoms with Gasteiger partial charge in [0.1, 0.15) is 5.75 Å². The number of carbonyl (C=O) groups is 1. The van der Waals surface area contributed by atoms with Crippen molar-refractivity contribution in [3.63, 3.8) is 0 Å². The fourth-order valence-corrected chi connectivity index (χ4v) is 2.58. The van der Waals surface area contributed by atoms with E-state index in [1.165, 1.54) is 31.0 Å². The van der Waals surface area contributed by atoms with Gasteiger partial charge < -0.3 is 14.5 Å². The first-order chi connectivity index (χ1) is 10.8. The third kappa shape index (κ3) is 6.09. The highest BCUT2D eigenvalue weighted by molar-refractivity contribution is 5.78. The summed E-state index contributed by atoms with van der Waals surface area (Å²) in [6, 6.07) is 5.54. The molecule has 1 amide bonds. The Morgan fingerprint density at radius 3 is 2.65 bits per heavy atom. The molecule has 1 aliphatic rings. The Bertz CT molecular complexity index is 528. The number of hydrogen-bond acceptors (Lipinski definition) is 3. The molecule has 0 N–H and O–H groups in total. The minimum absolute atomic E-state index is 0.0611. The normalized spacial score (nSPS) is 15.7. The average Bonchev–Trinajstić information content (AvgIpc) is 2.96. The predicted molar refractivity (Wildman–Crippen MR) is 80.1 cm³/mol. The number of carbonyl (C=O) groups excluding carboxylic acids is 1. The molecule has 1 heterocycles. The Balaban J connectivity index is 1.85. The summed E-state index contributed by atoms with van der Waals surface area (Å²) in [6.07, 6.45) is -2.27. The van der Waals surface area contributed by atoms with Crippen molar-refractivity contribution in [3.8, 4) is 5.75 Å². The highest BCUT2D eigenvalue weighted by Crippen LogP contribution is 2.23. The maximum atomic E-state index is 12.2. The Morgan fingerprint density at radius 2 is 2.00 bits per heavy atom. The van der Waals surface area contributed by atoms with Gasteiger partial charge in [-0.3, -0.25) is 4.79 Å². The minimum atomic E-state index is -4.73. The Labute approximate surface area is 133 Å². The molecule has 0 saturated carbocycles. The molecule has 1 saturated heterocycles. The van der Waals surface area contributed by atoms with E-state index in [0.29, 0.717) is 12.1 Å². The van der Waals surface area contributed by atoms with E-state index in [2.05, 4.69) is 9.64 Å². The number of likely N-dealkylation sites (tertiary alicyclic amines) is 1. The number of amides is 1. The van der Waals surface area contributed by atoms with E-state index in [1.807, 2.05) is 0 Å². The van der Waals surface area contributed by atoms with E-state index in [9.17, 15) is 18.0 Å². The van der Waals surface area contributed by atoms with Crippen LogP contribution in [0.25, 0.3) is 0 Å². The van der Waals surface area contributed by atoms with Crippen molar-refractivity contribution in [1.29, 1.82) is 0 Å². The van der Waals surface area contributed by atoms with Gasteiger partial charge in [-0.15, -0.1) is 13.2 Å². The topological polar surface area (TPSA) is 32.8 Å². The number of likely N-dealkylation sites (N-methyl/N-ethyl adjacent to an activating group) is 1. The van der Waals surface area contributed by atoms with Gasteiger partial charge in [0.15, 0.2) is 0 Å². The molecular formula is C16H21F3N2O2. The maximum absolute atomic E-state index is 12.2. The van der Waals surface area contributed by atoms with Gasteiger partial charge in [-0.2, -0.15) is 0 Å². The van der Waals surface area contributed by atoms with Crippen LogP contribution in [0.1, 0.15) is 18.4 Å². The number of hydrogen-bond donors (Lipinski definition) is 0. The highest BCUT2D eigenvalue weighted by atomic mass is 19.4. The summed E-state index contributed by atoms with van der Waals surface area (Å²) >= 11 is 0. The zero-order valence-corrected chi connectivity index (χ0v) is 13.1.